The number of nitrogens with two attached hydrogens (primary N) is 1. The number of nitrogens with zero attached hydrogens (tertiary/aromatic N) is 1. The normalized spacial score (nSPS) is 14.8. The molecule has 0 unspecified atom stereocenters. The highest BCUT2D eigenvalue weighted by atomic mass is 79.9. The highest BCUT2D eigenvalue weighted by Gasteiger charge is 2.31. The molecule has 0 spiro atoms. The van der Waals surface area contributed by atoms with Crippen molar-refractivity contribution in [3.63, 3.8) is 0 Å². The van der Waals surface area contributed by atoms with E-state index in [1.54, 1.807) is 42.5 Å². The number of nitriles is 1. The number of hydrogen-bond acceptors (Lipinski definition) is 6. The highest BCUT2D eigenvalue weighted by Crippen LogP contribution is 2.43. The van der Waals surface area contributed by atoms with Gasteiger partial charge in [-0.15, -0.1) is 0 Å². The van der Waals surface area contributed by atoms with E-state index in [0.29, 0.717) is 28.4 Å². The fourth-order valence-electron chi connectivity index (χ4n) is 3.64. The Bertz CT molecular complexity index is 1280. The van der Waals surface area contributed by atoms with Crippen molar-refractivity contribution < 1.29 is 19.0 Å². The van der Waals surface area contributed by atoms with E-state index in [4.69, 9.17) is 19.9 Å². The van der Waals surface area contributed by atoms with Gasteiger partial charge in [-0.1, -0.05) is 34.1 Å². The summed E-state index contributed by atoms with van der Waals surface area (Å²) in [5, 5.41) is 9.70. The maximum atomic E-state index is 12.6. The van der Waals surface area contributed by atoms with Gasteiger partial charge in [0.05, 0.1) is 17.6 Å². The molecule has 1 heterocycles. The lowest BCUT2D eigenvalue weighted by atomic mass is 9.83. The first-order valence-electron chi connectivity index (χ1n) is 10.3. The summed E-state index contributed by atoms with van der Waals surface area (Å²) in [4.78, 5) is 12.6. The van der Waals surface area contributed by atoms with Crippen LogP contribution in [-0.4, -0.2) is 12.1 Å². The Hall–Kier alpha value is -3.76. The topological polar surface area (TPSA) is 94.6 Å². The standard InChI is InChI=1S/C26H21BrN2O4/c1-15(2)31-19-8-6-16(7-9-19)26(30)32-20-10-11-21-23(13-20)33-25(29)22(14-28)24(21)17-4-3-5-18(27)12-17/h3-13,15,24H,29H2,1-2H3/t24-/m1/s1. The second-order valence-electron chi connectivity index (χ2n) is 7.76. The number of halogens is 1. The van der Waals surface area contributed by atoms with Gasteiger partial charge in [0.2, 0.25) is 5.88 Å². The number of fused-ring (bicyclic) bond motifs is 1. The van der Waals surface area contributed by atoms with Crippen LogP contribution in [0.2, 0.25) is 0 Å². The summed E-state index contributed by atoms with van der Waals surface area (Å²) < 4.78 is 17.7. The maximum Gasteiger partial charge on any atom is 0.343 e. The van der Waals surface area contributed by atoms with Crippen molar-refractivity contribution in [3.8, 4) is 23.3 Å². The van der Waals surface area contributed by atoms with Gasteiger partial charge in [0, 0.05) is 16.1 Å². The highest BCUT2D eigenvalue weighted by molar-refractivity contribution is 9.10. The quantitative estimate of drug-likeness (QED) is 0.355. The van der Waals surface area contributed by atoms with E-state index in [0.717, 1.165) is 15.6 Å². The van der Waals surface area contributed by atoms with Gasteiger partial charge in [0.25, 0.3) is 0 Å². The minimum atomic E-state index is -0.508. The zero-order chi connectivity index (χ0) is 23.5. The van der Waals surface area contributed by atoms with Gasteiger partial charge in [0.15, 0.2) is 0 Å². The molecule has 2 N–H and O–H groups in total. The molecule has 0 saturated carbocycles. The van der Waals surface area contributed by atoms with Crippen LogP contribution >= 0.6 is 15.9 Å². The number of rotatable bonds is 5. The third-order valence-electron chi connectivity index (χ3n) is 5.04. The molecule has 0 aromatic heterocycles. The number of carbonyl (C=O) groups is 1. The van der Waals surface area contributed by atoms with Crippen LogP contribution in [0, 0.1) is 11.3 Å². The first-order valence-corrected chi connectivity index (χ1v) is 11.1. The Labute approximate surface area is 200 Å². The molecule has 3 aromatic carbocycles. The van der Waals surface area contributed by atoms with Gasteiger partial charge >= 0.3 is 5.97 Å². The van der Waals surface area contributed by atoms with E-state index < -0.39 is 11.9 Å². The van der Waals surface area contributed by atoms with Crippen LogP contribution in [0.25, 0.3) is 0 Å². The first-order chi connectivity index (χ1) is 15.9. The zero-order valence-electron chi connectivity index (χ0n) is 18.0. The van der Waals surface area contributed by atoms with Gasteiger partial charge in [-0.05, 0) is 61.9 Å². The summed E-state index contributed by atoms with van der Waals surface area (Å²) in [6, 6.07) is 21.7. The van der Waals surface area contributed by atoms with Gasteiger partial charge in [-0.2, -0.15) is 5.26 Å². The first kappa shape index (κ1) is 22.4. The molecular formula is C26H21BrN2O4. The van der Waals surface area contributed by atoms with Crippen LogP contribution in [0.5, 0.6) is 17.2 Å². The van der Waals surface area contributed by atoms with E-state index in [-0.39, 0.29) is 12.0 Å². The molecule has 0 amide bonds. The van der Waals surface area contributed by atoms with Gasteiger partial charge in [-0.25, -0.2) is 4.79 Å². The molecule has 0 bridgehead atoms. The lowest BCUT2D eigenvalue weighted by Gasteiger charge is -2.26. The van der Waals surface area contributed by atoms with Crippen LogP contribution in [0.4, 0.5) is 0 Å². The number of benzene rings is 3. The molecule has 7 heteroatoms. The van der Waals surface area contributed by atoms with Crippen molar-refractivity contribution in [2.45, 2.75) is 25.9 Å². The molecule has 4 rings (SSSR count). The lowest BCUT2D eigenvalue weighted by Crippen LogP contribution is -2.21. The monoisotopic (exact) mass is 504 g/mol. The Morgan fingerprint density at radius 1 is 1.09 bits per heavy atom. The molecule has 3 aromatic rings. The summed E-state index contributed by atoms with van der Waals surface area (Å²) in [5.74, 6) is 0.545. The predicted molar refractivity (Wildman–Crippen MR) is 127 cm³/mol. The molecule has 1 aliphatic heterocycles. The Morgan fingerprint density at radius 2 is 1.82 bits per heavy atom. The van der Waals surface area contributed by atoms with Crippen molar-refractivity contribution >= 4 is 21.9 Å². The summed E-state index contributed by atoms with van der Waals surface area (Å²) in [6.45, 7) is 3.87. The second-order valence-corrected chi connectivity index (χ2v) is 8.68. The molecular weight excluding hydrogens is 484 g/mol. The minimum absolute atomic E-state index is 0.0270. The van der Waals surface area contributed by atoms with Crippen molar-refractivity contribution in [1.82, 2.24) is 0 Å². The zero-order valence-corrected chi connectivity index (χ0v) is 19.6. The van der Waals surface area contributed by atoms with Gasteiger partial charge in [-0.3, -0.25) is 0 Å². The molecule has 1 aliphatic rings. The molecule has 0 radical (unpaired) electrons. The predicted octanol–water partition coefficient (Wildman–Crippen LogP) is 5.67. The van der Waals surface area contributed by atoms with Crippen molar-refractivity contribution in [1.29, 1.82) is 5.26 Å². The molecule has 0 saturated heterocycles. The number of esters is 1. The fraction of sp³-hybridized carbons (Fsp3) is 0.154. The number of carbonyl (C=O) groups excluding carboxylic acids is 1. The SMILES string of the molecule is CC(C)Oc1ccc(C(=O)Oc2ccc3c(c2)OC(N)=C(C#N)[C@@H]3c2cccc(Br)c2)cc1. The number of ether oxygens (including phenoxy) is 3. The van der Waals surface area contributed by atoms with Crippen molar-refractivity contribution in [2.75, 3.05) is 0 Å². The fourth-order valence-corrected chi connectivity index (χ4v) is 4.05. The van der Waals surface area contributed by atoms with Crippen LogP contribution in [0.1, 0.15) is 41.3 Å². The van der Waals surface area contributed by atoms with Crippen LogP contribution in [0.3, 0.4) is 0 Å². The third-order valence-corrected chi connectivity index (χ3v) is 5.54. The molecule has 1 atom stereocenters. The van der Waals surface area contributed by atoms with Crippen LogP contribution < -0.4 is 19.9 Å². The smallest absolute Gasteiger partial charge is 0.343 e. The van der Waals surface area contributed by atoms with E-state index in [1.807, 2.05) is 38.1 Å². The second kappa shape index (κ2) is 9.39. The van der Waals surface area contributed by atoms with Crippen molar-refractivity contribution in [2.24, 2.45) is 5.73 Å². The van der Waals surface area contributed by atoms with Gasteiger partial charge in [0.1, 0.15) is 28.9 Å². The molecule has 33 heavy (non-hydrogen) atoms. The Morgan fingerprint density at radius 3 is 2.48 bits per heavy atom. The van der Waals surface area contributed by atoms with E-state index in [2.05, 4.69) is 22.0 Å². The Kier molecular flexibility index (Phi) is 6.38. The van der Waals surface area contributed by atoms with Crippen LogP contribution in [-0.2, 0) is 0 Å². The minimum Gasteiger partial charge on any atom is -0.491 e. The molecule has 166 valence electrons. The number of allylic oxidation sites excluding steroid dienone is 1. The summed E-state index contributed by atoms with van der Waals surface area (Å²) in [5.41, 5.74) is 8.43. The maximum absolute atomic E-state index is 12.6. The summed E-state index contributed by atoms with van der Waals surface area (Å²) in [7, 11) is 0. The average Bonchev–Trinajstić information content (AvgIpc) is 2.78. The van der Waals surface area contributed by atoms with Crippen molar-refractivity contribution in [3.05, 3.63) is 99.3 Å². The van der Waals surface area contributed by atoms with E-state index in [1.165, 1.54) is 0 Å². The third kappa shape index (κ3) is 4.86. The summed E-state index contributed by atoms with van der Waals surface area (Å²) in [6.07, 6.45) is 0.0437. The average molecular weight is 505 g/mol. The van der Waals surface area contributed by atoms with Gasteiger partial charge < -0.3 is 19.9 Å². The summed E-state index contributed by atoms with van der Waals surface area (Å²) >= 11 is 3.48. The molecule has 0 aliphatic carbocycles. The molecule has 0 fully saturated rings. The molecule has 6 nitrogen and oxygen atoms in total. The van der Waals surface area contributed by atoms with E-state index in [9.17, 15) is 10.1 Å². The van der Waals surface area contributed by atoms with Crippen LogP contribution in [0.15, 0.2) is 82.7 Å². The van der Waals surface area contributed by atoms with E-state index >= 15 is 0 Å². The Balaban J connectivity index is 1.61. The lowest BCUT2D eigenvalue weighted by molar-refractivity contribution is 0.0734. The number of hydrogen-bond donors (Lipinski definition) is 1. The largest absolute Gasteiger partial charge is 0.491 e.